The van der Waals surface area contributed by atoms with Crippen molar-refractivity contribution in [3.8, 4) is 0 Å². The first-order chi connectivity index (χ1) is 22.1. The maximum absolute atomic E-state index is 14.2. The monoisotopic (exact) mass is 719 g/mol. The van der Waals surface area contributed by atoms with Gasteiger partial charge in [0.25, 0.3) is 0 Å². The zero-order valence-corrected chi connectivity index (χ0v) is 32.9. The van der Waals surface area contributed by atoms with Gasteiger partial charge in [-0.15, -0.1) is 0 Å². The maximum Gasteiger partial charge on any atom is 0.243 e. The van der Waals surface area contributed by atoms with E-state index in [9.17, 15) is 25.3 Å². The molecule has 0 amide bonds. The minimum absolute atomic E-state index is 0.108. The third-order valence-electron chi connectivity index (χ3n) is 8.76. The SMILES string of the molecule is Cc1cc(C)c(S(=O)(=O)N(C)CCCCN(CCCN(C)S(=O)(=O)c2c(C)cc(C)cc2C)S(=O)(=O)c2c(C)cc(C)cc2C)c(C)c1. The summed E-state index contributed by atoms with van der Waals surface area (Å²) in [6.45, 7) is 17.1. The van der Waals surface area contributed by atoms with E-state index >= 15 is 0 Å². The molecule has 0 heterocycles. The van der Waals surface area contributed by atoms with E-state index < -0.39 is 30.1 Å². The molecule has 0 bridgehead atoms. The van der Waals surface area contributed by atoms with Crippen LogP contribution in [0.3, 0.4) is 0 Å². The van der Waals surface area contributed by atoms with Crippen LogP contribution in [-0.4, -0.2) is 78.4 Å². The van der Waals surface area contributed by atoms with Crippen molar-refractivity contribution < 1.29 is 25.3 Å². The number of nitrogens with zero attached hydrogens (tertiary/aromatic N) is 3. The van der Waals surface area contributed by atoms with Crippen LogP contribution in [-0.2, 0) is 30.1 Å². The Kier molecular flexibility index (Phi) is 12.9. The van der Waals surface area contributed by atoms with E-state index in [-0.39, 0.29) is 42.4 Å². The van der Waals surface area contributed by atoms with Gasteiger partial charge < -0.3 is 0 Å². The molecule has 3 rings (SSSR count). The molecular formula is C36H53N3O6S3. The Balaban J connectivity index is 1.80. The lowest BCUT2D eigenvalue weighted by Crippen LogP contribution is -2.37. The van der Waals surface area contributed by atoms with Gasteiger partial charge in [-0.1, -0.05) is 53.1 Å². The molecule has 0 spiro atoms. The van der Waals surface area contributed by atoms with Crippen LogP contribution in [0.15, 0.2) is 51.1 Å². The lowest BCUT2D eigenvalue weighted by Gasteiger charge is -2.26. The molecule has 12 heteroatoms. The first-order valence-electron chi connectivity index (χ1n) is 16.3. The Morgan fingerprint density at radius 2 is 0.646 bits per heavy atom. The highest BCUT2D eigenvalue weighted by atomic mass is 32.2. The molecule has 0 aromatic heterocycles. The molecule has 0 atom stereocenters. The van der Waals surface area contributed by atoms with Crippen molar-refractivity contribution in [3.05, 3.63) is 86.5 Å². The molecule has 0 unspecified atom stereocenters. The van der Waals surface area contributed by atoms with Gasteiger partial charge in [0.2, 0.25) is 30.1 Å². The number of hydrogen-bond donors (Lipinski definition) is 0. The summed E-state index contributed by atoms with van der Waals surface area (Å²) in [5.41, 5.74) is 6.98. The van der Waals surface area contributed by atoms with Crippen molar-refractivity contribution in [2.45, 2.75) is 96.3 Å². The number of benzene rings is 3. The fourth-order valence-corrected chi connectivity index (χ4v) is 12.0. The molecule has 0 fully saturated rings. The molecule has 266 valence electrons. The quantitative estimate of drug-likeness (QED) is 0.171. The average Bonchev–Trinajstić information content (AvgIpc) is 2.91. The van der Waals surface area contributed by atoms with Gasteiger partial charge in [0.05, 0.1) is 14.7 Å². The summed E-state index contributed by atoms with van der Waals surface area (Å²) < 4.78 is 86.4. The second-order valence-electron chi connectivity index (χ2n) is 13.3. The van der Waals surface area contributed by atoms with Gasteiger partial charge in [-0.25, -0.2) is 33.9 Å². The highest BCUT2D eigenvalue weighted by Gasteiger charge is 2.30. The largest absolute Gasteiger partial charge is 0.243 e. The van der Waals surface area contributed by atoms with Gasteiger partial charge in [0, 0.05) is 40.3 Å². The molecule has 0 saturated heterocycles. The van der Waals surface area contributed by atoms with Gasteiger partial charge in [-0.05, 0) is 115 Å². The lowest BCUT2D eigenvalue weighted by atomic mass is 10.1. The summed E-state index contributed by atoms with van der Waals surface area (Å²) in [6.07, 6.45) is 1.14. The van der Waals surface area contributed by atoms with Crippen LogP contribution in [0.2, 0.25) is 0 Å². The molecule has 0 saturated carbocycles. The Labute approximate surface area is 290 Å². The summed E-state index contributed by atoms with van der Waals surface area (Å²) in [5.74, 6) is 0. The van der Waals surface area contributed by atoms with E-state index in [1.165, 1.54) is 20.0 Å². The zero-order chi connectivity index (χ0) is 36.4. The van der Waals surface area contributed by atoms with Gasteiger partial charge in [0.1, 0.15) is 0 Å². The predicted molar refractivity (Wildman–Crippen MR) is 194 cm³/mol. The number of aryl methyl sites for hydroxylation is 9. The number of hydrogen-bond acceptors (Lipinski definition) is 6. The van der Waals surface area contributed by atoms with Crippen LogP contribution < -0.4 is 0 Å². The summed E-state index contributed by atoms with van der Waals surface area (Å²) >= 11 is 0. The van der Waals surface area contributed by atoms with Crippen molar-refractivity contribution in [1.29, 1.82) is 0 Å². The summed E-state index contributed by atoms with van der Waals surface area (Å²) in [6, 6.07) is 11.1. The van der Waals surface area contributed by atoms with Crippen molar-refractivity contribution in [2.24, 2.45) is 0 Å². The fraction of sp³-hybridized carbons (Fsp3) is 0.500. The van der Waals surface area contributed by atoms with Crippen LogP contribution in [0, 0.1) is 62.3 Å². The van der Waals surface area contributed by atoms with Crippen LogP contribution in [0.4, 0.5) is 0 Å². The third kappa shape index (κ3) is 8.75. The van der Waals surface area contributed by atoms with Gasteiger partial charge in [-0.3, -0.25) is 0 Å². The Hall–Kier alpha value is -2.61. The van der Waals surface area contributed by atoms with Crippen molar-refractivity contribution >= 4 is 30.1 Å². The standard InChI is InChI=1S/C36H53N3O6S3/c1-25-19-28(4)34(29(5)20-25)46(40,41)37(10)15-12-13-17-39(48(44,45)36-32(8)23-27(3)24-33(36)9)18-14-16-38(11)47(42,43)35-30(6)21-26(2)22-31(35)7/h19-24H,12-18H2,1-11H3. The van der Waals surface area contributed by atoms with Gasteiger partial charge in [-0.2, -0.15) is 4.31 Å². The number of sulfonamides is 3. The predicted octanol–water partition coefficient (Wildman–Crippen LogP) is 6.26. The molecule has 0 aliphatic rings. The third-order valence-corrected chi connectivity index (χ3v) is 15.3. The van der Waals surface area contributed by atoms with E-state index in [1.54, 1.807) is 48.6 Å². The summed E-state index contributed by atoms with van der Waals surface area (Å²) in [4.78, 5) is 0.839. The molecule has 3 aromatic rings. The maximum atomic E-state index is 14.2. The number of rotatable bonds is 15. The molecule has 0 N–H and O–H groups in total. The number of unbranched alkanes of at least 4 members (excludes halogenated alkanes) is 1. The van der Waals surface area contributed by atoms with E-state index in [0.29, 0.717) is 51.1 Å². The Morgan fingerprint density at radius 1 is 0.396 bits per heavy atom. The fourth-order valence-electron chi connectivity index (χ4n) is 6.85. The zero-order valence-electron chi connectivity index (χ0n) is 30.4. The van der Waals surface area contributed by atoms with E-state index in [1.807, 2.05) is 57.2 Å². The van der Waals surface area contributed by atoms with Crippen molar-refractivity contribution in [3.63, 3.8) is 0 Å². The first-order valence-corrected chi connectivity index (χ1v) is 20.6. The van der Waals surface area contributed by atoms with Crippen molar-refractivity contribution in [1.82, 2.24) is 12.9 Å². The highest BCUT2D eigenvalue weighted by molar-refractivity contribution is 7.89. The molecular weight excluding hydrogens is 667 g/mol. The van der Waals surface area contributed by atoms with E-state index in [0.717, 1.165) is 16.7 Å². The minimum atomic E-state index is -3.94. The Morgan fingerprint density at radius 3 is 0.979 bits per heavy atom. The first kappa shape index (κ1) is 39.8. The highest BCUT2D eigenvalue weighted by Crippen LogP contribution is 2.28. The summed E-state index contributed by atoms with van der Waals surface area (Å²) in [5, 5.41) is 0. The normalized spacial score (nSPS) is 12.9. The second kappa shape index (κ2) is 15.5. The van der Waals surface area contributed by atoms with Crippen LogP contribution in [0.5, 0.6) is 0 Å². The molecule has 3 aromatic carbocycles. The van der Waals surface area contributed by atoms with Gasteiger partial charge >= 0.3 is 0 Å². The van der Waals surface area contributed by atoms with Crippen LogP contribution in [0.1, 0.15) is 69.3 Å². The molecule has 0 aliphatic heterocycles. The Bertz CT molecular complexity index is 1920. The van der Waals surface area contributed by atoms with E-state index in [2.05, 4.69) is 0 Å². The lowest BCUT2D eigenvalue weighted by molar-refractivity contribution is 0.364. The second-order valence-corrected chi connectivity index (χ2v) is 19.1. The van der Waals surface area contributed by atoms with Crippen LogP contribution >= 0.6 is 0 Å². The molecule has 48 heavy (non-hydrogen) atoms. The molecule has 0 aliphatic carbocycles. The smallest absolute Gasteiger partial charge is 0.207 e. The minimum Gasteiger partial charge on any atom is -0.207 e. The van der Waals surface area contributed by atoms with Gasteiger partial charge in [0.15, 0.2) is 0 Å². The average molecular weight is 720 g/mol. The molecule has 0 radical (unpaired) electrons. The summed E-state index contributed by atoms with van der Waals surface area (Å²) in [7, 11) is -8.39. The topological polar surface area (TPSA) is 112 Å². The molecule has 9 nitrogen and oxygen atoms in total. The van der Waals surface area contributed by atoms with Crippen LogP contribution in [0.25, 0.3) is 0 Å². The van der Waals surface area contributed by atoms with E-state index in [4.69, 9.17) is 0 Å². The van der Waals surface area contributed by atoms with Crippen molar-refractivity contribution in [2.75, 3.05) is 40.3 Å².